The highest BCUT2D eigenvalue weighted by Crippen LogP contribution is 2.33. The monoisotopic (exact) mass is 304 g/mol. The van der Waals surface area contributed by atoms with Gasteiger partial charge in [0.05, 0.1) is 0 Å². The zero-order valence-electron chi connectivity index (χ0n) is 13.2. The average molecular weight is 304 g/mol. The average Bonchev–Trinajstić information content (AvgIpc) is 3.38. The van der Waals surface area contributed by atoms with Crippen LogP contribution in [0.5, 0.6) is 0 Å². The number of nitrogens with one attached hydrogen (secondary N) is 1. The van der Waals surface area contributed by atoms with Crippen molar-refractivity contribution in [3.63, 3.8) is 0 Å². The fourth-order valence-electron chi connectivity index (χ4n) is 3.39. The lowest BCUT2D eigenvalue weighted by Crippen LogP contribution is -2.51. The lowest BCUT2D eigenvalue weighted by molar-refractivity contribution is -0.134. The predicted molar refractivity (Wildman–Crippen MR) is 84.7 cm³/mol. The topological polar surface area (TPSA) is 32.3 Å². The molecule has 0 unspecified atom stereocenters. The van der Waals surface area contributed by atoms with Crippen molar-refractivity contribution < 1.29 is 9.18 Å². The first-order chi connectivity index (χ1) is 10.7. The molecule has 2 atom stereocenters. The Bertz CT molecular complexity index is 530. The van der Waals surface area contributed by atoms with Gasteiger partial charge in [-0.1, -0.05) is 31.5 Å². The van der Waals surface area contributed by atoms with E-state index in [0.29, 0.717) is 35.9 Å². The fourth-order valence-corrected chi connectivity index (χ4v) is 3.39. The summed E-state index contributed by atoms with van der Waals surface area (Å²) in [5.74, 6) is 0.971. The van der Waals surface area contributed by atoms with Crippen LogP contribution in [0.1, 0.15) is 38.2 Å². The first-order valence-electron chi connectivity index (χ1n) is 8.44. The van der Waals surface area contributed by atoms with Crippen molar-refractivity contribution in [3.8, 4) is 0 Å². The molecule has 4 heteroatoms. The van der Waals surface area contributed by atoms with Gasteiger partial charge in [0.15, 0.2) is 0 Å². The van der Waals surface area contributed by atoms with Crippen molar-refractivity contribution in [2.24, 2.45) is 11.8 Å². The highest BCUT2D eigenvalue weighted by atomic mass is 19.1. The zero-order valence-corrected chi connectivity index (χ0v) is 13.2. The van der Waals surface area contributed by atoms with Crippen molar-refractivity contribution in [1.82, 2.24) is 10.2 Å². The van der Waals surface area contributed by atoms with Gasteiger partial charge in [0.25, 0.3) is 0 Å². The summed E-state index contributed by atoms with van der Waals surface area (Å²) in [6, 6.07) is 7.29. The molecule has 1 saturated carbocycles. The first-order valence-corrected chi connectivity index (χ1v) is 8.44. The van der Waals surface area contributed by atoms with Gasteiger partial charge in [0.1, 0.15) is 5.82 Å². The number of rotatable bonds is 5. The van der Waals surface area contributed by atoms with Crippen LogP contribution in [0.15, 0.2) is 24.3 Å². The number of piperidine rings is 1. The molecule has 1 amide bonds. The minimum atomic E-state index is -0.149. The van der Waals surface area contributed by atoms with Crippen molar-refractivity contribution in [3.05, 3.63) is 35.6 Å². The molecule has 3 nitrogen and oxygen atoms in total. The summed E-state index contributed by atoms with van der Waals surface area (Å²) >= 11 is 0. The molecular formula is C18H25FN2O. The molecule has 120 valence electrons. The number of hydrogen-bond donors (Lipinski definition) is 1. The second kappa shape index (κ2) is 6.78. The van der Waals surface area contributed by atoms with Gasteiger partial charge in [-0.05, 0) is 31.2 Å². The molecule has 1 aromatic carbocycles. The molecule has 22 heavy (non-hydrogen) atoms. The molecule has 1 heterocycles. The molecule has 0 aromatic heterocycles. The van der Waals surface area contributed by atoms with E-state index in [2.05, 4.69) is 12.2 Å². The van der Waals surface area contributed by atoms with E-state index in [4.69, 9.17) is 0 Å². The second-order valence-electron chi connectivity index (χ2n) is 6.59. The summed E-state index contributed by atoms with van der Waals surface area (Å²) in [5.41, 5.74) is 0.717. The third-order valence-electron chi connectivity index (χ3n) is 5.01. The molecule has 1 aromatic rings. The largest absolute Gasteiger partial charge is 0.342 e. The minimum absolute atomic E-state index is 0.149. The number of halogens is 1. The highest BCUT2D eigenvalue weighted by molar-refractivity contribution is 5.81. The van der Waals surface area contributed by atoms with E-state index in [1.807, 2.05) is 17.0 Å². The van der Waals surface area contributed by atoms with Crippen LogP contribution in [0.3, 0.4) is 0 Å². The number of nitrogens with zero attached hydrogens (tertiary/aromatic N) is 1. The van der Waals surface area contributed by atoms with Gasteiger partial charge >= 0.3 is 0 Å². The van der Waals surface area contributed by atoms with E-state index in [1.165, 1.54) is 6.07 Å². The fraction of sp³-hybridized carbons (Fsp3) is 0.611. The Labute approximate surface area is 131 Å². The summed E-state index contributed by atoms with van der Waals surface area (Å²) in [5, 5.41) is 3.51. The van der Waals surface area contributed by atoms with Crippen LogP contribution < -0.4 is 5.32 Å². The highest BCUT2D eigenvalue weighted by Gasteiger charge is 2.37. The number of carbonyl (C=O) groups is 1. The zero-order chi connectivity index (χ0) is 15.5. The lowest BCUT2D eigenvalue weighted by Gasteiger charge is -2.39. The maximum absolute atomic E-state index is 13.7. The van der Waals surface area contributed by atoms with Gasteiger partial charge < -0.3 is 10.2 Å². The minimum Gasteiger partial charge on any atom is -0.342 e. The quantitative estimate of drug-likeness (QED) is 0.907. The van der Waals surface area contributed by atoms with Crippen molar-refractivity contribution >= 4 is 5.91 Å². The molecule has 0 bridgehead atoms. The molecule has 3 rings (SSSR count). The lowest BCUT2D eigenvalue weighted by atomic mass is 9.89. The van der Waals surface area contributed by atoms with E-state index in [1.54, 1.807) is 6.07 Å². The standard InChI is InChI=1S/C18H25FN2O/c1-2-13-12-21(18(22)14-7-8-14)10-9-17(13)20-11-15-5-3-4-6-16(15)19/h3-6,13-14,17,20H,2,7-12H2,1H3/t13-,17-/m1/s1. The van der Waals surface area contributed by atoms with Gasteiger partial charge in [-0.2, -0.15) is 0 Å². The number of benzene rings is 1. The van der Waals surface area contributed by atoms with Gasteiger partial charge in [0, 0.05) is 37.2 Å². The second-order valence-corrected chi connectivity index (χ2v) is 6.59. The number of carbonyl (C=O) groups excluding carboxylic acids is 1. The van der Waals surface area contributed by atoms with E-state index >= 15 is 0 Å². The Kier molecular flexibility index (Phi) is 4.77. The number of amides is 1. The van der Waals surface area contributed by atoms with Crippen molar-refractivity contribution in [2.45, 2.75) is 45.2 Å². The first kappa shape index (κ1) is 15.5. The summed E-state index contributed by atoms with van der Waals surface area (Å²) in [7, 11) is 0. The van der Waals surface area contributed by atoms with Crippen molar-refractivity contribution in [2.75, 3.05) is 13.1 Å². The Morgan fingerprint density at radius 3 is 2.77 bits per heavy atom. The van der Waals surface area contributed by atoms with Gasteiger partial charge in [-0.25, -0.2) is 4.39 Å². The van der Waals surface area contributed by atoms with E-state index in [9.17, 15) is 9.18 Å². The molecule has 0 spiro atoms. The number of likely N-dealkylation sites (tertiary alicyclic amines) is 1. The van der Waals surface area contributed by atoms with Crippen LogP contribution in [-0.2, 0) is 11.3 Å². The third-order valence-corrected chi connectivity index (χ3v) is 5.01. The molecular weight excluding hydrogens is 279 g/mol. The Morgan fingerprint density at radius 1 is 1.32 bits per heavy atom. The van der Waals surface area contributed by atoms with Crippen LogP contribution in [0.25, 0.3) is 0 Å². The van der Waals surface area contributed by atoms with Gasteiger partial charge in [-0.3, -0.25) is 4.79 Å². The van der Waals surface area contributed by atoms with Crippen molar-refractivity contribution in [1.29, 1.82) is 0 Å². The molecule has 2 aliphatic rings. The Balaban J connectivity index is 1.55. The van der Waals surface area contributed by atoms with Crippen LogP contribution in [-0.4, -0.2) is 29.9 Å². The molecule has 1 N–H and O–H groups in total. The SMILES string of the molecule is CC[C@@H]1CN(C(=O)C2CC2)CC[C@H]1NCc1ccccc1F. The summed E-state index contributed by atoms with van der Waals surface area (Å²) in [6.07, 6.45) is 4.15. The molecule has 1 aliphatic heterocycles. The van der Waals surface area contributed by atoms with E-state index < -0.39 is 0 Å². The molecule has 1 aliphatic carbocycles. The van der Waals surface area contributed by atoms with Crippen LogP contribution in [0.2, 0.25) is 0 Å². The molecule has 0 radical (unpaired) electrons. The molecule has 1 saturated heterocycles. The van der Waals surface area contributed by atoms with Crippen LogP contribution in [0, 0.1) is 17.7 Å². The normalized spacial score (nSPS) is 25.3. The summed E-state index contributed by atoms with van der Waals surface area (Å²) in [6.45, 7) is 4.42. The maximum Gasteiger partial charge on any atom is 0.225 e. The summed E-state index contributed by atoms with van der Waals surface area (Å²) in [4.78, 5) is 14.3. The molecule has 2 fully saturated rings. The third kappa shape index (κ3) is 3.49. The Morgan fingerprint density at radius 2 is 2.09 bits per heavy atom. The van der Waals surface area contributed by atoms with E-state index in [-0.39, 0.29) is 5.82 Å². The maximum atomic E-state index is 13.7. The Hall–Kier alpha value is -1.42. The van der Waals surface area contributed by atoms with Gasteiger partial charge in [0.2, 0.25) is 5.91 Å². The smallest absolute Gasteiger partial charge is 0.225 e. The predicted octanol–water partition coefficient (Wildman–Crippen LogP) is 2.95. The van der Waals surface area contributed by atoms with Gasteiger partial charge in [-0.15, -0.1) is 0 Å². The summed E-state index contributed by atoms with van der Waals surface area (Å²) < 4.78 is 13.7. The number of hydrogen-bond acceptors (Lipinski definition) is 2. The van der Waals surface area contributed by atoms with E-state index in [0.717, 1.165) is 38.8 Å². The van der Waals surface area contributed by atoms with Crippen LogP contribution in [0.4, 0.5) is 4.39 Å². The van der Waals surface area contributed by atoms with Crippen LogP contribution >= 0.6 is 0 Å².